The molecule has 0 aromatic carbocycles. The predicted octanol–water partition coefficient (Wildman–Crippen LogP) is 3.59. The highest BCUT2D eigenvalue weighted by atomic mass is 16.2. The van der Waals surface area contributed by atoms with E-state index in [9.17, 15) is 4.79 Å². The van der Waals surface area contributed by atoms with Crippen LogP contribution in [0, 0.1) is 5.92 Å². The van der Waals surface area contributed by atoms with E-state index in [-0.39, 0.29) is 0 Å². The normalized spacial score (nSPS) is 16.3. The Bertz CT molecular complexity index is 249. The quantitative estimate of drug-likeness (QED) is 0.621. The Morgan fingerprint density at radius 1 is 1.05 bits per heavy atom. The minimum atomic E-state index is 0.345. The molecule has 3 nitrogen and oxygen atoms in total. The maximum Gasteiger partial charge on any atom is 0.222 e. The lowest BCUT2D eigenvalue weighted by atomic mass is 9.97. The maximum absolute atomic E-state index is 12.1. The Morgan fingerprint density at radius 3 is 2.30 bits per heavy atom. The third-order valence-corrected chi connectivity index (χ3v) is 4.41. The van der Waals surface area contributed by atoms with Gasteiger partial charge in [0.2, 0.25) is 5.91 Å². The van der Waals surface area contributed by atoms with Crippen molar-refractivity contribution in [3.05, 3.63) is 0 Å². The Hall–Kier alpha value is -0.570. The summed E-state index contributed by atoms with van der Waals surface area (Å²) in [6.07, 6.45) is 12.1. The number of nitrogens with zero attached hydrogens (tertiary/aromatic N) is 1. The summed E-state index contributed by atoms with van der Waals surface area (Å²) in [5.74, 6) is 1.05. The van der Waals surface area contributed by atoms with Gasteiger partial charge < -0.3 is 10.2 Å². The number of piperidine rings is 1. The van der Waals surface area contributed by atoms with Crippen molar-refractivity contribution in [1.29, 1.82) is 0 Å². The first kappa shape index (κ1) is 17.5. The number of amides is 1. The molecule has 1 fully saturated rings. The first-order chi connectivity index (χ1) is 9.74. The number of hydrogen-bond acceptors (Lipinski definition) is 2. The van der Waals surface area contributed by atoms with E-state index in [2.05, 4.69) is 12.2 Å². The fourth-order valence-corrected chi connectivity index (χ4v) is 2.98. The Labute approximate surface area is 125 Å². The molecule has 3 heteroatoms. The molecule has 118 valence electrons. The molecule has 0 spiro atoms. The first-order valence-corrected chi connectivity index (χ1v) is 8.68. The Morgan fingerprint density at radius 2 is 1.65 bits per heavy atom. The second-order valence-electron chi connectivity index (χ2n) is 6.34. The SMILES string of the molecule is CCCCCCCCCC(=O)N(C)CC1CCNCC1. The minimum absolute atomic E-state index is 0.345. The molecule has 0 bridgehead atoms. The van der Waals surface area contributed by atoms with Crippen molar-refractivity contribution in [3.63, 3.8) is 0 Å². The highest BCUT2D eigenvalue weighted by Gasteiger charge is 2.17. The monoisotopic (exact) mass is 282 g/mol. The molecule has 0 aromatic heterocycles. The fraction of sp³-hybridized carbons (Fsp3) is 0.941. The van der Waals surface area contributed by atoms with Crippen molar-refractivity contribution in [1.82, 2.24) is 10.2 Å². The van der Waals surface area contributed by atoms with Crippen LogP contribution in [0.3, 0.4) is 0 Å². The van der Waals surface area contributed by atoms with E-state index in [0.717, 1.165) is 32.5 Å². The second kappa shape index (κ2) is 11.1. The lowest BCUT2D eigenvalue weighted by Crippen LogP contribution is -2.37. The largest absolute Gasteiger partial charge is 0.345 e. The lowest BCUT2D eigenvalue weighted by Gasteiger charge is -2.27. The molecule has 0 aromatic rings. The summed E-state index contributed by atoms with van der Waals surface area (Å²) in [6.45, 7) is 5.43. The van der Waals surface area contributed by atoms with Crippen molar-refractivity contribution in [2.75, 3.05) is 26.7 Å². The summed E-state index contributed by atoms with van der Waals surface area (Å²) in [5.41, 5.74) is 0. The topological polar surface area (TPSA) is 32.3 Å². The molecular formula is C17H34N2O. The van der Waals surface area contributed by atoms with Gasteiger partial charge in [0.15, 0.2) is 0 Å². The number of carbonyl (C=O) groups is 1. The molecule has 1 rings (SSSR count). The average molecular weight is 282 g/mol. The van der Waals surface area contributed by atoms with Crippen LogP contribution >= 0.6 is 0 Å². The minimum Gasteiger partial charge on any atom is -0.345 e. The molecule has 1 amide bonds. The highest BCUT2D eigenvalue weighted by Crippen LogP contribution is 2.14. The first-order valence-electron chi connectivity index (χ1n) is 8.68. The van der Waals surface area contributed by atoms with Gasteiger partial charge in [-0.25, -0.2) is 0 Å². The van der Waals surface area contributed by atoms with E-state index >= 15 is 0 Å². The van der Waals surface area contributed by atoms with Crippen LogP contribution in [0.15, 0.2) is 0 Å². The molecule has 1 aliphatic heterocycles. The summed E-state index contributed by atoms with van der Waals surface area (Å²) < 4.78 is 0. The average Bonchev–Trinajstić information content (AvgIpc) is 2.47. The van der Waals surface area contributed by atoms with E-state index in [0.29, 0.717) is 11.8 Å². The van der Waals surface area contributed by atoms with E-state index < -0.39 is 0 Å². The highest BCUT2D eigenvalue weighted by molar-refractivity contribution is 5.75. The van der Waals surface area contributed by atoms with E-state index in [1.54, 1.807) is 0 Å². The van der Waals surface area contributed by atoms with Crippen LogP contribution in [-0.4, -0.2) is 37.5 Å². The second-order valence-corrected chi connectivity index (χ2v) is 6.34. The number of hydrogen-bond donors (Lipinski definition) is 1. The summed E-state index contributed by atoms with van der Waals surface area (Å²) in [4.78, 5) is 14.0. The van der Waals surface area contributed by atoms with Crippen molar-refractivity contribution >= 4 is 5.91 Å². The molecule has 20 heavy (non-hydrogen) atoms. The third-order valence-electron chi connectivity index (χ3n) is 4.41. The Balaban J connectivity index is 2.00. The van der Waals surface area contributed by atoms with Gasteiger partial charge in [-0.15, -0.1) is 0 Å². The van der Waals surface area contributed by atoms with Gasteiger partial charge in [0, 0.05) is 20.0 Å². The van der Waals surface area contributed by atoms with Crippen molar-refractivity contribution < 1.29 is 4.79 Å². The van der Waals surface area contributed by atoms with Crippen LogP contribution in [0.4, 0.5) is 0 Å². The molecule has 0 saturated carbocycles. The molecule has 1 heterocycles. The van der Waals surface area contributed by atoms with E-state index in [4.69, 9.17) is 0 Å². The van der Waals surface area contributed by atoms with Crippen LogP contribution < -0.4 is 5.32 Å². The number of nitrogens with one attached hydrogen (secondary N) is 1. The van der Waals surface area contributed by atoms with Crippen LogP contribution in [0.5, 0.6) is 0 Å². The third kappa shape index (κ3) is 7.88. The summed E-state index contributed by atoms with van der Waals surface area (Å²) >= 11 is 0. The molecule has 1 aliphatic rings. The molecular weight excluding hydrogens is 248 g/mol. The number of rotatable bonds is 10. The zero-order valence-corrected chi connectivity index (χ0v) is 13.6. The van der Waals surface area contributed by atoms with Crippen LogP contribution in [0.2, 0.25) is 0 Å². The molecule has 1 saturated heterocycles. The zero-order chi connectivity index (χ0) is 14.6. The van der Waals surface area contributed by atoms with Gasteiger partial charge in [-0.1, -0.05) is 45.4 Å². The molecule has 1 N–H and O–H groups in total. The van der Waals surface area contributed by atoms with Gasteiger partial charge >= 0.3 is 0 Å². The standard InChI is InChI=1S/C17H34N2O/c1-3-4-5-6-7-8-9-10-17(20)19(2)15-16-11-13-18-14-12-16/h16,18H,3-15H2,1-2H3. The Kier molecular flexibility index (Phi) is 9.73. The van der Waals surface area contributed by atoms with Gasteiger partial charge in [0.1, 0.15) is 0 Å². The van der Waals surface area contributed by atoms with Gasteiger partial charge in [-0.05, 0) is 38.3 Å². The molecule has 0 aliphatic carbocycles. The molecule has 0 atom stereocenters. The summed E-state index contributed by atoms with van der Waals surface area (Å²) in [7, 11) is 1.98. The summed E-state index contributed by atoms with van der Waals surface area (Å²) in [6, 6.07) is 0. The number of carbonyl (C=O) groups excluding carboxylic acids is 1. The predicted molar refractivity (Wildman–Crippen MR) is 85.8 cm³/mol. The zero-order valence-electron chi connectivity index (χ0n) is 13.6. The van der Waals surface area contributed by atoms with Gasteiger partial charge in [-0.3, -0.25) is 4.79 Å². The molecule has 0 unspecified atom stereocenters. The maximum atomic E-state index is 12.1. The van der Waals surface area contributed by atoms with Crippen molar-refractivity contribution in [2.24, 2.45) is 5.92 Å². The summed E-state index contributed by atoms with van der Waals surface area (Å²) in [5, 5.41) is 3.38. The van der Waals surface area contributed by atoms with Crippen LogP contribution in [0.1, 0.15) is 71.1 Å². The number of unbranched alkanes of at least 4 members (excludes halogenated alkanes) is 6. The van der Waals surface area contributed by atoms with Crippen molar-refractivity contribution in [3.8, 4) is 0 Å². The van der Waals surface area contributed by atoms with Crippen LogP contribution in [-0.2, 0) is 4.79 Å². The van der Waals surface area contributed by atoms with Crippen LogP contribution in [0.25, 0.3) is 0 Å². The van der Waals surface area contributed by atoms with Crippen molar-refractivity contribution in [2.45, 2.75) is 71.1 Å². The fourth-order valence-electron chi connectivity index (χ4n) is 2.98. The van der Waals surface area contributed by atoms with E-state index in [1.165, 1.54) is 51.4 Å². The van der Waals surface area contributed by atoms with E-state index in [1.807, 2.05) is 11.9 Å². The molecule has 0 radical (unpaired) electrons. The lowest BCUT2D eigenvalue weighted by molar-refractivity contribution is -0.130. The van der Waals surface area contributed by atoms with Gasteiger partial charge in [0.05, 0.1) is 0 Å². The smallest absolute Gasteiger partial charge is 0.222 e. The van der Waals surface area contributed by atoms with Gasteiger partial charge in [-0.2, -0.15) is 0 Å². The van der Waals surface area contributed by atoms with Gasteiger partial charge in [0.25, 0.3) is 0 Å².